The minimum atomic E-state index is -1.25. The number of anilines is 2. The maximum atomic E-state index is 13.9. The highest BCUT2D eigenvalue weighted by Gasteiger charge is 2.39. The van der Waals surface area contributed by atoms with Crippen LogP contribution in [0.3, 0.4) is 0 Å². The highest BCUT2D eigenvalue weighted by atomic mass is 35.5. The van der Waals surface area contributed by atoms with Gasteiger partial charge in [-0.15, -0.1) is 0 Å². The number of ether oxygens (including phenoxy) is 1. The molecule has 1 saturated heterocycles. The molecule has 1 aromatic carbocycles. The van der Waals surface area contributed by atoms with Gasteiger partial charge in [0.25, 0.3) is 0 Å². The molecule has 1 unspecified atom stereocenters. The Morgan fingerprint density at radius 2 is 1.97 bits per heavy atom. The number of aryl methyl sites for hydroxylation is 1. The zero-order chi connectivity index (χ0) is 22.1. The molecule has 3 atom stereocenters. The van der Waals surface area contributed by atoms with E-state index in [-0.39, 0.29) is 18.5 Å². The van der Waals surface area contributed by atoms with E-state index in [0.717, 1.165) is 17.2 Å². The van der Waals surface area contributed by atoms with Crippen molar-refractivity contribution in [1.82, 2.24) is 19.5 Å². The lowest BCUT2D eigenvalue weighted by atomic mass is 10.2. The lowest BCUT2D eigenvalue weighted by Gasteiger charge is -2.21. The summed E-state index contributed by atoms with van der Waals surface area (Å²) in [5, 5.41) is 3.86. The molecule has 0 radical (unpaired) electrons. The zero-order valence-corrected chi connectivity index (χ0v) is 18.0. The van der Waals surface area contributed by atoms with Gasteiger partial charge in [-0.25, -0.2) is 19.2 Å². The summed E-state index contributed by atoms with van der Waals surface area (Å²) < 4.78 is 20.9. The molecule has 1 N–H and O–H groups in total. The van der Waals surface area contributed by atoms with Crippen LogP contribution >= 0.6 is 11.6 Å². The van der Waals surface area contributed by atoms with Crippen LogP contribution in [0.4, 0.5) is 21.0 Å². The van der Waals surface area contributed by atoms with Gasteiger partial charge in [0.15, 0.2) is 0 Å². The minimum absolute atomic E-state index is 0.0128. The molecule has 31 heavy (non-hydrogen) atoms. The molecule has 1 aliphatic heterocycles. The van der Waals surface area contributed by atoms with Gasteiger partial charge >= 0.3 is 6.09 Å². The predicted octanol–water partition coefficient (Wildman–Crippen LogP) is 4.48. The van der Waals surface area contributed by atoms with Crippen LogP contribution < -0.4 is 10.2 Å². The average Bonchev–Trinajstić information content (AvgIpc) is 3.32. The molecule has 10 heteroatoms. The van der Waals surface area contributed by atoms with Crippen LogP contribution in [0.2, 0.25) is 5.02 Å². The van der Waals surface area contributed by atoms with Gasteiger partial charge in [-0.1, -0.05) is 11.6 Å². The number of cyclic esters (lactones) is 1. The first kappa shape index (κ1) is 21.0. The highest BCUT2D eigenvalue weighted by Crippen LogP contribution is 2.26. The fourth-order valence-corrected chi connectivity index (χ4v) is 3.55. The number of carbonyl (C=O) groups excluding carboxylic acids is 1. The molecular formula is C21H22ClFN6O2. The molecule has 0 aliphatic carbocycles. The van der Waals surface area contributed by atoms with Gasteiger partial charge in [0.2, 0.25) is 5.95 Å². The van der Waals surface area contributed by atoms with Crippen LogP contribution in [0.1, 0.15) is 31.4 Å². The Morgan fingerprint density at radius 1 is 1.23 bits per heavy atom. The molecule has 1 aliphatic rings. The van der Waals surface area contributed by atoms with E-state index in [1.807, 2.05) is 48.9 Å². The van der Waals surface area contributed by atoms with Crippen molar-refractivity contribution in [2.45, 2.75) is 39.0 Å². The van der Waals surface area contributed by atoms with Gasteiger partial charge in [0.05, 0.1) is 11.7 Å². The summed E-state index contributed by atoms with van der Waals surface area (Å²) in [7, 11) is 0. The van der Waals surface area contributed by atoms with Crippen molar-refractivity contribution in [3.8, 4) is 5.69 Å². The first-order chi connectivity index (χ1) is 14.8. The van der Waals surface area contributed by atoms with Gasteiger partial charge in [0, 0.05) is 23.1 Å². The standard InChI is InChI=1S/C21H22ClFN6O2/c1-12(23)18-11-31-21(30)29(18)19-8-9-24-20(27-19)25-13(2)17-10-28(14(3)26-17)16-6-4-15(22)5-7-16/h4-10,12-13,18H,11H2,1-3H3,(H,24,25,27)/t12-,13-,18?/m0/s1. The van der Waals surface area contributed by atoms with E-state index in [1.165, 1.54) is 18.0 Å². The Morgan fingerprint density at radius 3 is 2.68 bits per heavy atom. The molecule has 3 aromatic rings. The molecule has 0 saturated carbocycles. The van der Waals surface area contributed by atoms with Crippen molar-refractivity contribution in [3.05, 3.63) is 59.3 Å². The number of rotatable bonds is 6. The zero-order valence-electron chi connectivity index (χ0n) is 17.3. The maximum Gasteiger partial charge on any atom is 0.416 e. The van der Waals surface area contributed by atoms with Crippen molar-refractivity contribution < 1.29 is 13.9 Å². The van der Waals surface area contributed by atoms with E-state index >= 15 is 0 Å². The number of carbonyl (C=O) groups is 1. The number of hydrogen-bond acceptors (Lipinski definition) is 6. The van der Waals surface area contributed by atoms with Crippen LogP contribution in [-0.4, -0.2) is 44.4 Å². The first-order valence-electron chi connectivity index (χ1n) is 9.85. The quantitative estimate of drug-likeness (QED) is 0.603. The van der Waals surface area contributed by atoms with Gasteiger partial charge < -0.3 is 14.6 Å². The third kappa shape index (κ3) is 4.32. The summed E-state index contributed by atoms with van der Waals surface area (Å²) in [4.78, 5) is 26.5. The van der Waals surface area contributed by atoms with Gasteiger partial charge in [-0.2, -0.15) is 4.98 Å². The normalized spacial score (nSPS) is 18.0. The number of halogens is 2. The van der Waals surface area contributed by atoms with Crippen LogP contribution in [0.25, 0.3) is 5.69 Å². The SMILES string of the molecule is Cc1nc([C@H](C)Nc2nccc(N3C(=O)OCC3[C@H](C)F)n2)cn1-c1ccc(Cl)cc1. The molecule has 4 rings (SSSR count). The lowest BCUT2D eigenvalue weighted by Crippen LogP contribution is -2.39. The number of imidazole rings is 1. The molecule has 0 bridgehead atoms. The average molecular weight is 445 g/mol. The summed E-state index contributed by atoms with van der Waals surface area (Å²) in [5.41, 5.74) is 1.74. The van der Waals surface area contributed by atoms with Crippen LogP contribution in [0.5, 0.6) is 0 Å². The Hall–Kier alpha value is -3.20. The number of hydrogen-bond donors (Lipinski definition) is 1. The number of alkyl halides is 1. The number of aromatic nitrogens is 4. The molecule has 1 fully saturated rings. The largest absolute Gasteiger partial charge is 0.447 e. The Labute approximate surface area is 184 Å². The van der Waals surface area contributed by atoms with Gasteiger partial charge in [0.1, 0.15) is 30.5 Å². The number of nitrogens with zero attached hydrogens (tertiary/aromatic N) is 5. The Kier molecular flexibility index (Phi) is 5.77. The second-order valence-corrected chi connectivity index (χ2v) is 7.79. The Balaban J connectivity index is 1.54. The van der Waals surface area contributed by atoms with Crippen molar-refractivity contribution in [2.75, 3.05) is 16.8 Å². The van der Waals surface area contributed by atoms with Crippen molar-refractivity contribution in [2.24, 2.45) is 0 Å². The third-order valence-electron chi connectivity index (χ3n) is 5.12. The smallest absolute Gasteiger partial charge is 0.416 e. The van der Waals surface area contributed by atoms with E-state index in [9.17, 15) is 9.18 Å². The van der Waals surface area contributed by atoms with Crippen molar-refractivity contribution in [3.63, 3.8) is 0 Å². The molecule has 3 heterocycles. The summed E-state index contributed by atoms with van der Waals surface area (Å²) >= 11 is 5.98. The molecule has 8 nitrogen and oxygen atoms in total. The third-order valence-corrected chi connectivity index (χ3v) is 5.37. The van der Waals surface area contributed by atoms with E-state index in [0.29, 0.717) is 11.0 Å². The number of nitrogens with one attached hydrogen (secondary N) is 1. The second-order valence-electron chi connectivity index (χ2n) is 7.36. The summed E-state index contributed by atoms with van der Waals surface area (Å²) in [6.07, 6.45) is 1.57. The fraction of sp³-hybridized carbons (Fsp3) is 0.333. The van der Waals surface area contributed by atoms with Crippen LogP contribution in [0, 0.1) is 6.92 Å². The molecule has 162 valence electrons. The van der Waals surface area contributed by atoms with E-state index in [4.69, 9.17) is 16.3 Å². The predicted molar refractivity (Wildman–Crippen MR) is 116 cm³/mol. The topological polar surface area (TPSA) is 85.2 Å². The first-order valence-corrected chi connectivity index (χ1v) is 10.2. The fourth-order valence-electron chi connectivity index (χ4n) is 3.42. The summed E-state index contributed by atoms with van der Waals surface area (Å²) in [6, 6.07) is 8.11. The van der Waals surface area contributed by atoms with Crippen molar-refractivity contribution in [1.29, 1.82) is 0 Å². The summed E-state index contributed by atoms with van der Waals surface area (Å²) in [6.45, 7) is 5.22. The van der Waals surface area contributed by atoms with Gasteiger partial charge in [-0.05, 0) is 51.1 Å². The maximum absolute atomic E-state index is 13.9. The molecule has 0 spiro atoms. The molecular weight excluding hydrogens is 423 g/mol. The van der Waals surface area contributed by atoms with E-state index < -0.39 is 18.3 Å². The highest BCUT2D eigenvalue weighted by molar-refractivity contribution is 6.30. The minimum Gasteiger partial charge on any atom is -0.447 e. The number of amides is 1. The summed E-state index contributed by atoms with van der Waals surface area (Å²) in [5.74, 6) is 1.40. The van der Waals surface area contributed by atoms with E-state index in [2.05, 4.69) is 20.3 Å². The Bertz CT molecular complexity index is 1090. The van der Waals surface area contributed by atoms with Crippen LogP contribution in [-0.2, 0) is 4.74 Å². The monoisotopic (exact) mass is 444 g/mol. The van der Waals surface area contributed by atoms with Gasteiger partial charge in [-0.3, -0.25) is 4.90 Å². The van der Waals surface area contributed by atoms with Crippen molar-refractivity contribution >= 4 is 29.5 Å². The molecule has 1 amide bonds. The molecule has 2 aromatic heterocycles. The lowest BCUT2D eigenvalue weighted by molar-refractivity contribution is 0.174. The van der Waals surface area contributed by atoms with Crippen LogP contribution in [0.15, 0.2) is 42.7 Å². The number of benzene rings is 1. The van der Waals surface area contributed by atoms with E-state index in [1.54, 1.807) is 6.07 Å². The second kappa shape index (κ2) is 8.50.